The average Bonchev–Trinajstić information content (AvgIpc) is 3.23. The molecule has 2 fully saturated rings. The van der Waals surface area contributed by atoms with Gasteiger partial charge in [0.2, 0.25) is 0 Å². The lowest BCUT2D eigenvalue weighted by atomic mass is 10.1. The molecule has 110 valence electrons. The van der Waals surface area contributed by atoms with Gasteiger partial charge >= 0.3 is 0 Å². The quantitative estimate of drug-likeness (QED) is 0.856. The first-order valence-electron chi connectivity index (χ1n) is 7.49. The number of aromatic nitrogens is 2. The van der Waals surface area contributed by atoms with Gasteiger partial charge in [0, 0.05) is 19.0 Å². The van der Waals surface area contributed by atoms with Crippen LogP contribution in [0, 0.1) is 0 Å². The number of carbonyl (C=O) groups excluding carboxylic acids is 1. The van der Waals surface area contributed by atoms with E-state index in [1.54, 1.807) is 0 Å². The summed E-state index contributed by atoms with van der Waals surface area (Å²) in [6, 6.07) is 0. The van der Waals surface area contributed by atoms with Crippen molar-refractivity contribution >= 4 is 17.4 Å². The standard InChI is InChI=1S/C14H21N3O2S/c1-3-10-7-17(8-11(4-2)19-10)14(18)13-12(9-5-6-9)15-16-20-13/h9-11H,3-8H2,1-2H3. The smallest absolute Gasteiger partial charge is 0.267 e. The Morgan fingerprint density at radius 2 is 1.95 bits per heavy atom. The van der Waals surface area contributed by atoms with Crippen LogP contribution in [-0.4, -0.2) is 45.7 Å². The van der Waals surface area contributed by atoms with Crippen molar-refractivity contribution in [2.75, 3.05) is 13.1 Å². The fourth-order valence-electron chi connectivity index (χ4n) is 2.65. The van der Waals surface area contributed by atoms with Crippen molar-refractivity contribution < 1.29 is 9.53 Å². The molecule has 0 spiro atoms. The summed E-state index contributed by atoms with van der Waals surface area (Å²) in [5.41, 5.74) is 0.924. The number of rotatable bonds is 4. The summed E-state index contributed by atoms with van der Waals surface area (Å²) >= 11 is 1.24. The van der Waals surface area contributed by atoms with Gasteiger partial charge in [0.25, 0.3) is 5.91 Å². The highest BCUT2D eigenvalue weighted by Crippen LogP contribution is 2.41. The average molecular weight is 295 g/mol. The zero-order valence-electron chi connectivity index (χ0n) is 12.0. The molecule has 0 bridgehead atoms. The van der Waals surface area contributed by atoms with Crippen LogP contribution in [-0.2, 0) is 4.74 Å². The Hall–Kier alpha value is -1.01. The highest BCUT2D eigenvalue weighted by atomic mass is 32.1. The maximum Gasteiger partial charge on any atom is 0.267 e. The van der Waals surface area contributed by atoms with Crippen molar-refractivity contribution in [2.45, 2.75) is 57.7 Å². The molecule has 20 heavy (non-hydrogen) atoms. The van der Waals surface area contributed by atoms with Gasteiger partial charge in [-0.3, -0.25) is 4.79 Å². The van der Waals surface area contributed by atoms with Crippen LogP contribution in [0.3, 0.4) is 0 Å². The molecule has 1 saturated heterocycles. The van der Waals surface area contributed by atoms with Gasteiger partial charge in [0.05, 0.1) is 17.9 Å². The minimum Gasteiger partial charge on any atom is -0.371 e. The highest BCUT2D eigenvalue weighted by Gasteiger charge is 2.35. The molecule has 6 heteroatoms. The van der Waals surface area contributed by atoms with Gasteiger partial charge in [0.15, 0.2) is 0 Å². The molecular formula is C14H21N3O2S. The van der Waals surface area contributed by atoms with E-state index in [1.165, 1.54) is 11.5 Å². The number of morpholine rings is 1. The van der Waals surface area contributed by atoms with Gasteiger partial charge in [-0.1, -0.05) is 18.3 Å². The number of ether oxygens (including phenoxy) is 1. The van der Waals surface area contributed by atoms with Gasteiger partial charge in [-0.15, -0.1) is 5.10 Å². The van der Waals surface area contributed by atoms with Crippen LogP contribution in [0.2, 0.25) is 0 Å². The van der Waals surface area contributed by atoms with Crippen molar-refractivity contribution in [1.82, 2.24) is 14.5 Å². The van der Waals surface area contributed by atoms with Gasteiger partial charge in [-0.25, -0.2) is 0 Å². The van der Waals surface area contributed by atoms with Crippen molar-refractivity contribution in [2.24, 2.45) is 0 Å². The van der Waals surface area contributed by atoms with E-state index >= 15 is 0 Å². The summed E-state index contributed by atoms with van der Waals surface area (Å²) in [4.78, 5) is 15.4. The lowest BCUT2D eigenvalue weighted by molar-refractivity contribution is -0.0772. The summed E-state index contributed by atoms with van der Waals surface area (Å²) in [6.45, 7) is 5.59. The van der Waals surface area contributed by atoms with E-state index < -0.39 is 0 Å². The predicted molar refractivity (Wildman–Crippen MR) is 77.0 cm³/mol. The van der Waals surface area contributed by atoms with Crippen LogP contribution in [0.4, 0.5) is 0 Å². The maximum atomic E-state index is 12.7. The van der Waals surface area contributed by atoms with E-state index in [9.17, 15) is 4.79 Å². The predicted octanol–water partition coefficient (Wildman–Crippen LogP) is 2.45. The molecule has 1 aromatic heterocycles. The Morgan fingerprint density at radius 1 is 1.30 bits per heavy atom. The number of nitrogens with zero attached hydrogens (tertiary/aromatic N) is 3. The Morgan fingerprint density at radius 3 is 2.50 bits per heavy atom. The number of carbonyl (C=O) groups is 1. The molecular weight excluding hydrogens is 274 g/mol. The minimum atomic E-state index is 0.0992. The molecule has 1 aliphatic carbocycles. The monoisotopic (exact) mass is 295 g/mol. The van der Waals surface area contributed by atoms with Crippen molar-refractivity contribution in [3.05, 3.63) is 10.6 Å². The zero-order chi connectivity index (χ0) is 14.1. The molecule has 3 rings (SSSR count). The molecule has 1 aromatic rings. The molecule has 2 unspecified atom stereocenters. The number of hydrogen-bond acceptors (Lipinski definition) is 5. The van der Waals surface area contributed by atoms with E-state index in [0.717, 1.165) is 36.3 Å². The zero-order valence-corrected chi connectivity index (χ0v) is 12.9. The second-order valence-electron chi connectivity index (χ2n) is 5.67. The van der Waals surface area contributed by atoms with E-state index in [-0.39, 0.29) is 18.1 Å². The van der Waals surface area contributed by atoms with Gasteiger partial charge in [-0.2, -0.15) is 0 Å². The Kier molecular flexibility index (Phi) is 4.03. The van der Waals surface area contributed by atoms with Crippen molar-refractivity contribution in [1.29, 1.82) is 0 Å². The molecule has 1 saturated carbocycles. The van der Waals surface area contributed by atoms with Crippen LogP contribution >= 0.6 is 11.5 Å². The van der Waals surface area contributed by atoms with Gasteiger partial charge < -0.3 is 9.64 Å². The Bertz CT molecular complexity index is 475. The number of hydrogen-bond donors (Lipinski definition) is 0. The van der Waals surface area contributed by atoms with E-state index in [1.807, 2.05) is 4.90 Å². The van der Waals surface area contributed by atoms with E-state index in [4.69, 9.17) is 4.74 Å². The SMILES string of the molecule is CCC1CN(C(=O)c2snnc2C2CC2)CC(CC)O1. The molecule has 2 aliphatic rings. The fourth-order valence-corrected chi connectivity index (χ4v) is 3.37. The van der Waals surface area contributed by atoms with E-state index in [2.05, 4.69) is 23.4 Å². The molecule has 0 aromatic carbocycles. The summed E-state index contributed by atoms with van der Waals surface area (Å²) in [5.74, 6) is 0.569. The van der Waals surface area contributed by atoms with Crippen molar-refractivity contribution in [3.8, 4) is 0 Å². The third-order valence-corrected chi connectivity index (χ3v) is 4.83. The van der Waals surface area contributed by atoms with Crippen LogP contribution in [0.5, 0.6) is 0 Å². The Labute approximate surface area is 123 Å². The second kappa shape index (κ2) is 5.77. The lowest BCUT2D eigenvalue weighted by Crippen LogP contribution is -2.49. The topological polar surface area (TPSA) is 55.3 Å². The third-order valence-electron chi connectivity index (χ3n) is 4.10. The Balaban J connectivity index is 1.76. The van der Waals surface area contributed by atoms with Crippen molar-refractivity contribution in [3.63, 3.8) is 0 Å². The summed E-state index contributed by atoms with van der Waals surface area (Å²) in [6.07, 6.45) is 4.48. The fraction of sp³-hybridized carbons (Fsp3) is 0.786. The first kappa shape index (κ1) is 13.9. The van der Waals surface area contributed by atoms with E-state index in [0.29, 0.717) is 19.0 Å². The first-order chi connectivity index (χ1) is 9.72. The van der Waals surface area contributed by atoms with Crippen LogP contribution in [0.1, 0.15) is 60.8 Å². The molecule has 0 N–H and O–H groups in total. The lowest BCUT2D eigenvalue weighted by Gasteiger charge is -2.37. The molecule has 0 radical (unpaired) electrons. The van der Waals surface area contributed by atoms with Gasteiger partial charge in [-0.05, 0) is 37.2 Å². The normalized spacial score (nSPS) is 26.8. The third kappa shape index (κ3) is 2.72. The van der Waals surface area contributed by atoms with Crippen LogP contribution in [0.25, 0.3) is 0 Å². The largest absolute Gasteiger partial charge is 0.371 e. The minimum absolute atomic E-state index is 0.0992. The summed E-state index contributed by atoms with van der Waals surface area (Å²) in [5, 5.41) is 4.16. The highest BCUT2D eigenvalue weighted by molar-refractivity contribution is 7.08. The summed E-state index contributed by atoms with van der Waals surface area (Å²) in [7, 11) is 0. The van der Waals surface area contributed by atoms with Gasteiger partial charge in [0.1, 0.15) is 4.88 Å². The molecule has 2 heterocycles. The molecule has 1 amide bonds. The molecule has 1 aliphatic heterocycles. The maximum absolute atomic E-state index is 12.7. The second-order valence-corrected chi connectivity index (χ2v) is 6.42. The first-order valence-corrected chi connectivity index (χ1v) is 8.27. The van der Waals surface area contributed by atoms with Crippen LogP contribution in [0.15, 0.2) is 0 Å². The molecule has 2 atom stereocenters. The molecule has 5 nitrogen and oxygen atoms in total. The number of amides is 1. The van der Waals surface area contributed by atoms with Crippen LogP contribution < -0.4 is 0 Å². The summed E-state index contributed by atoms with van der Waals surface area (Å²) < 4.78 is 9.94.